The van der Waals surface area contributed by atoms with Crippen molar-refractivity contribution < 1.29 is 0 Å². The number of aryl methyl sites for hydroxylation is 1. The third kappa shape index (κ3) is 2.91. The van der Waals surface area contributed by atoms with Crippen molar-refractivity contribution in [2.24, 2.45) is 7.05 Å². The minimum Gasteiger partial charge on any atom is -0.370 e. The van der Waals surface area contributed by atoms with Crippen LogP contribution in [0.1, 0.15) is 6.92 Å². The predicted octanol–water partition coefficient (Wildman–Crippen LogP) is 2.98. The average molecular weight is 279 g/mol. The lowest BCUT2D eigenvalue weighted by Gasteiger charge is -2.08. The van der Waals surface area contributed by atoms with E-state index in [1.807, 2.05) is 56.6 Å². The van der Waals surface area contributed by atoms with Gasteiger partial charge in [0.25, 0.3) is 0 Å². The monoisotopic (exact) mass is 279 g/mol. The first-order valence-electron chi connectivity index (χ1n) is 6.93. The third-order valence-corrected chi connectivity index (χ3v) is 3.12. The fraction of sp³-hybridized carbons (Fsp3) is 0.188. The van der Waals surface area contributed by atoms with Gasteiger partial charge < -0.3 is 5.32 Å². The summed E-state index contributed by atoms with van der Waals surface area (Å²) in [6.45, 7) is 2.87. The summed E-state index contributed by atoms with van der Waals surface area (Å²) in [5.74, 6) is 1.51. The molecule has 0 radical (unpaired) electrons. The molecule has 0 unspecified atom stereocenters. The normalized spacial score (nSPS) is 10.6. The van der Waals surface area contributed by atoms with E-state index in [9.17, 15) is 0 Å². The first-order chi connectivity index (χ1) is 10.3. The molecule has 21 heavy (non-hydrogen) atoms. The van der Waals surface area contributed by atoms with Crippen LogP contribution in [0.5, 0.6) is 0 Å². The van der Waals surface area contributed by atoms with E-state index in [0.29, 0.717) is 5.82 Å². The Hall–Kier alpha value is -2.69. The summed E-state index contributed by atoms with van der Waals surface area (Å²) < 4.78 is 1.75. The number of hydrogen-bond donors (Lipinski definition) is 1. The fourth-order valence-corrected chi connectivity index (χ4v) is 2.14. The maximum absolute atomic E-state index is 4.67. The van der Waals surface area contributed by atoms with E-state index in [1.165, 1.54) is 0 Å². The van der Waals surface area contributed by atoms with Crippen LogP contribution in [0, 0.1) is 0 Å². The molecule has 0 aliphatic rings. The lowest BCUT2D eigenvalue weighted by molar-refractivity contribution is 0.768. The zero-order valence-corrected chi connectivity index (χ0v) is 12.1. The van der Waals surface area contributed by atoms with Crippen molar-refractivity contribution in [1.82, 2.24) is 19.7 Å². The highest BCUT2D eigenvalue weighted by atomic mass is 15.2. The summed E-state index contributed by atoms with van der Waals surface area (Å²) in [6, 6.07) is 12.1. The predicted molar refractivity (Wildman–Crippen MR) is 83.8 cm³/mol. The van der Waals surface area contributed by atoms with Gasteiger partial charge in [-0.15, -0.1) is 0 Å². The van der Waals surface area contributed by atoms with Crippen LogP contribution in [-0.2, 0) is 7.05 Å². The molecule has 0 saturated carbocycles. The Morgan fingerprint density at radius 1 is 1.10 bits per heavy atom. The summed E-state index contributed by atoms with van der Waals surface area (Å²) in [6.07, 6.45) is 3.69. The van der Waals surface area contributed by atoms with Crippen LogP contribution < -0.4 is 5.32 Å². The topological polar surface area (TPSA) is 55.6 Å². The van der Waals surface area contributed by atoms with Crippen molar-refractivity contribution in [3.8, 4) is 22.6 Å². The first-order valence-corrected chi connectivity index (χ1v) is 6.93. The molecule has 3 aromatic rings. The van der Waals surface area contributed by atoms with Gasteiger partial charge in [-0.05, 0) is 6.92 Å². The Labute approximate surface area is 123 Å². The Bertz CT molecular complexity index is 733. The fourth-order valence-electron chi connectivity index (χ4n) is 2.14. The molecule has 2 aromatic heterocycles. The highest BCUT2D eigenvalue weighted by Crippen LogP contribution is 2.23. The van der Waals surface area contributed by atoms with Gasteiger partial charge in [0.2, 0.25) is 0 Å². The number of nitrogens with zero attached hydrogens (tertiary/aromatic N) is 4. The van der Waals surface area contributed by atoms with Crippen molar-refractivity contribution in [2.45, 2.75) is 6.92 Å². The molecule has 2 heterocycles. The van der Waals surface area contributed by atoms with Gasteiger partial charge in [-0.3, -0.25) is 4.68 Å². The molecule has 0 spiro atoms. The maximum atomic E-state index is 4.67. The van der Waals surface area contributed by atoms with E-state index >= 15 is 0 Å². The quantitative estimate of drug-likeness (QED) is 0.797. The van der Waals surface area contributed by atoms with Gasteiger partial charge >= 0.3 is 0 Å². The molecule has 5 nitrogen and oxygen atoms in total. The van der Waals surface area contributed by atoms with Crippen LogP contribution in [0.25, 0.3) is 22.6 Å². The molecule has 0 atom stereocenters. The molecule has 0 amide bonds. The maximum Gasteiger partial charge on any atom is 0.165 e. The van der Waals surface area contributed by atoms with Gasteiger partial charge in [0.1, 0.15) is 5.82 Å². The summed E-state index contributed by atoms with van der Waals surface area (Å²) in [4.78, 5) is 9.22. The lowest BCUT2D eigenvalue weighted by Crippen LogP contribution is -2.02. The standard InChI is InChI=1S/C16H17N5/c1-3-17-15-9-14(12-7-5-4-6-8-12)19-16(20-15)13-10-18-21(2)11-13/h4-11H,3H2,1-2H3,(H,17,19,20). The van der Waals surface area contributed by atoms with E-state index in [4.69, 9.17) is 0 Å². The second kappa shape index (κ2) is 5.75. The van der Waals surface area contributed by atoms with E-state index in [2.05, 4.69) is 20.4 Å². The molecular weight excluding hydrogens is 262 g/mol. The van der Waals surface area contributed by atoms with Gasteiger partial charge in [0, 0.05) is 31.4 Å². The van der Waals surface area contributed by atoms with Gasteiger partial charge in [0.15, 0.2) is 5.82 Å². The summed E-state index contributed by atoms with van der Waals surface area (Å²) in [5, 5.41) is 7.44. The molecular formula is C16H17N5. The minimum atomic E-state index is 0.681. The summed E-state index contributed by atoms with van der Waals surface area (Å²) >= 11 is 0. The molecule has 0 aliphatic carbocycles. The van der Waals surface area contributed by atoms with Crippen molar-refractivity contribution >= 4 is 5.82 Å². The van der Waals surface area contributed by atoms with E-state index in [0.717, 1.165) is 29.2 Å². The van der Waals surface area contributed by atoms with Crippen LogP contribution >= 0.6 is 0 Å². The Balaban J connectivity index is 2.10. The SMILES string of the molecule is CCNc1cc(-c2ccccc2)nc(-c2cnn(C)c2)n1. The Kier molecular flexibility index (Phi) is 3.64. The molecule has 5 heteroatoms. The molecule has 1 N–H and O–H groups in total. The van der Waals surface area contributed by atoms with Gasteiger partial charge in [-0.1, -0.05) is 30.3 Å². The molecule has 3 rings (SSSR count). The van der Waals surface area contributed by atoms with Gasteiger partial charge in [-0.25, -0.2) is 9.97 Å². The third-order valence-electron chi connectivity index (χ3n) is 3.12. The highest BCUT2D eigenvalue weighted by Gasteiger charge is 2.09. The van der Waals surface area contributed by atoms with Crippen molar-refractivity contribution in [1.29, 1.82) is 0 Å². The van der Waals surface area contributed by atoms with Crippen molar-refractivity contribution in [2.75, 3.05) is 11.9 Å². The Morgan fingerprint density at radius 3 is 2.57 bits per heavy atom. The number of aromatic nitrogens is 4. The summed E-state index contributed by atoms with van der Waals surface area (Å²) in [5.41, 5.74) is 2.89. The van der Waals surface area contributed by atoms with Crippen LogP contribution in [0.3, 0.4) is 0 Å². The Morgan fingerprint density at radius 2 is 1.90 bits per heavy atom. The zero-order chi connectivity index (χ0) is 14.7. The van der Waals surface area contributed by atoms with Gasteiger partial charge in [0.05, 0.1) is 17.5 Å². The minimum absolute atomic E-state index is 0.681. The second-order valence-electron chi connectivity index (χ2n) is 4.76. The average Bonchev–Trinajstić information content (AvgIpc) is 2.95. The highest BCUT2D eigenvalue weighted by molar-refractivity contribution is 5.66. The molecule has 0 fully saturated rings. The van der Waals surface area contributed by atoms with Gasteiger partial charge in [-0.2, -0.15) is 5.10 Å². The number of nitrogens with one attached hydrogen (secondary N) is 1. The molecule has 106 valence electrons. The number of anilines is 1. The molecule has 0 bridgehead atoms. The first kappa shape index (κ1) is 13.3. The number of benzene rings is 1. The van der Waals surface area contributed by atoms with E-state index in [-0.39, 0.29) is 0 Å². The molecule has 0 aliphatic heterocycles. The molecule has 1 aromatic carbocycles. The number of hydrogen-bond acceptors (Lipinski definition) is 4. The van der Waals surface area contributed by atoms with E-state index < -0.39 is 0 Å². The molecule has 0 saturated heterocycles. The zero-order valence-electron chi connectivity index (χ0n) is 12.1. The van der Waals surface area contributed by atoms with E-state index in [1.54, 1.807) is 10.9 Å². The van der Waals surface area contributed by atoms with Crippen LogP contribution in [-0.4, -0.2) is 26.3 Å². The van der Waals surface area contributed by atoms with Crippen molar-refractivity contribution in [3.63, 3.8) is 0 Å². The van der Waals surface area contributed by atoms with Crippen LogP contribution in [0.2, 0.25) is 0 Å². The largest absolute Gasteiger partial charge is 0.370 e. The smallest absolute Gasteiger partial charge is 0.165 e. The lowest BCUT2D eigenvalue weighted by atomic mass is 10.1. The second-order valence-corrected chi connectivity index (χ2v) is 4.76. The van der Waals surface area contributed by atoms with Crippen LogP contribution in [0.15, 0.2) is 48.8 Å². The van der Waals surface area contributed by atoms with Crippen LogP contribution in [0.4, 0.5) is 5.82 Å². The summed E-state index contributed by atoms with van der Waals surface area (Å²) in [7, 11) is 1.88. The van der Waals surface area contributed by atoms with Crippen molar-refractivity contribution in [3.05, 3.63) is 48.8 Å². The number of rotatable bonds is 4.